The predicted molar refractivity (Wildman–Crippen MR) is 175 cm³/mol. The Morgan fingerprint density at radius 2 is 1.59 bits per heavy atom. The van der Waals surface area contributed by atoms with Gasteiger partial charge in [-0.15, -0.1) is 0 Å². The van der Waals surface area contributed by atoms with Crippen LogP contribution in [0.2, 0.25) is 0 Å². The van der Waals surface area contributed by atoms with E-state index in [4.69, 9.17) is 9.72 Å². The molecule has 44 heavy (non-hydrogen) atoms. The summed E-state index contributed by atoms with van der Waals surface area (Å²) in [4.78, 5) is 30.7. The van der Waals surface area contributed by atoms with E-state index < -0.39 is 0 Å². The number of aromatic nitrogens is 2. The third kappa shape index (κ3) is 6.31. The number of ether oxygens (including phenoxy) is 1. The van der Waals surface area contributed by atoms with E-state index in [-0.39, 0.29) is 17.8 Å². The first-order valence-electron chi connectivity index (χ1n) is 16.4. The van der Waals surface area contributed by atoms with Gasteiger partial charge in [0.05, 0.1) is 18.6 Å². The normalized spacial score (nSPS) is 16.2. The molecule has 4 aromatic rings. The lowest BCUT2D eigenvalue weighted by Gasteiger charge is -2.26. The van der Waals surface area contributed by atoms with Gasteiger partial charge in [-0.2, -0.15) is 0 Å². The van der Waals surface area contributed by atoms with E-state index in [1.165, 1.54) is 73.4 Å². The second-order valence-corrected chi connectivity index (χ2v) is 12.9. The number of aryl methyl sites for hydroxylation is 3. The maximum absolute atomic E-state index is 13.9. The summed E-state index contributed by atoms with van der Waals surface area (Å²) in [5.41, 5.74) is 10.3. The molecule has 1 atom stereocenters. The van der Waals surface area contributed by atoms with Crippen LogP contribution in [0.25, 0.3) is 11.0 Å². The van der Waals surface area contributed by atoms with Crippen molar-refractivity contribution in [1.82, 2.24) is 14.9 Å². The van der Waals surface area contributed by atoms with E-state index >= 15 is 0 Å². The zero-order chi connectivity index (χ0) is 30.6. The van der Waals surface area contributed by atoms with Gasteiger partial charge in [-0.1, -0.05) is 62.1 Å². The summed E-state index contributed by atoms with van der Waals surface area (Å²) >= 11 is 0. The highest BCUT2D eigenvalue weighted by Crippen LogP contribution is 2.37. The smallest absolute Gasteiger partial charge is 0.337 e. The number of carbonyl (C=O) groups is 2. The number of rotatable bonds is 8. The summed E-state index contributed by atoms with van der Waals surface area (Å²) in [5, 5.41) is 4.58. The monoisotopic (exact) mass is 591 g/mol. The van der Waals surface area contributed by atoms with Crippen molar-refractivity contribution in [3.8, 4) is 0 Å². The number of carbonyl (C=O) groups excluding carboxylic acids is 2. The topological polar surface area (TPSA) is 73.2 Å². The van der Waals surface area contributed by atoms with Gasteiger partial charge in [-0.3, -0.25) is 4.79 Å². The van der Waals surface area contributed by atoms with E-state index in [0.29, 0.717) is 18.0 Å². The molecule has 6 rings (SSSR count). The van der Waals surface area contributed by atoms with Crippen LogP contribution >= 0.6 is 0 Å². The summed E-state index contributed by atoms with van der Waals surface area (Å²) in [7, 11) is 1.38. The summed E-state index contributed by atoms with van der Waals surface area (Å²) in [6.07, 6.45) is 11.7. The molecule has 0 bridgehead atoms. The van der Waals surface area contributed by atoms with Crippen molar-refractivity contribution < 1.29 is 14.3 Å². The molecule has 2 aromatic carbocycles. The Morgan fingerprint density at radius 1 is 0.909 bits per heavy atom. The van der Waals surface area contributed by atoms with Crippen LogP contribution in [0.15, 0.2) is 54.6 Å². The SMILES string of the molecule is COC(=O)c1ccc(CNC(=O)C(c2ccc(Cn3c4c(c5c(C)cc(C)nc53)CCCC4)cc2)C2CCCCCC2)cc1. The van der Waals surface area contributed by atoms with Crippen molar-refractivity contribution >= 4 is 22.9 Å². The van der Waals surface area contributed by atoms with E-state index in [1.807, 2.05) is 12.1 Å². The number of amides is 1. The molecule has 1 amide bonds. The van der Waals surface area contributed by atoms with Gasteiger partial charge in [0, 0.05) is 29.9 Å². The van der Waals surface area contributed by atoms with Crippen LogP contribution in [0.4, 0.5) is 0 Å². The second-order valence-electron chi connectivity index (χ2n) is 12.9. The number of hydrogen-bond acceptors (Lipinski definition) is 4. The Bertz CT molecular complexity index is 1630. The third-order valence-corrected chi connectivity index (χ3v) is 9.82. The molecule has 0 saturated heterocycles. The molecule has 0 radical (unpaired) electrons. The van der Waals surface area contributed by atoms with Crippen LogP contribution in [0, 0.1) is 19.8 Å². The zero-order valence-electron chi connectivity index (χ0n) is 26.5. The van der Waals surface area contributed by atoms with Crippen LogP contribution in [-0.4, -0.2) is 28.5 Å². The Labute approximate surface area is 261 Å². The molecule has 0 aliphatic heterocycles. The number of fused-ring (bicyclic) bond motifs is 3. The highest BCUT2D eigenvalue weighted by Gasteiger charge is 2.30. The Balaban J connectivity index is 1.24. The lowest BCUT2D eigenvalue weighted by Crippen LogP contribution is -2.33. The molecule has 1 saturated carbocycles. The van der Waals surface area contributed by atoms with Gasteiger partial charge < -0.3 is 14.6 Å². The van der Waals surface area contributed by atoms with Crippen molar-refractivity contribution in [1.29, 1.82) is 0 Å². The average molecular weight is 592 g/mol. The molecule has 1 N–H and O–H groups in total. The molecule has 1 unspecified atom stereocenters. The summed E-state index contributed by atoms with van der Waals surface area (Å²) < 4.78 is 7.27. The van der Waals surface area contributed by atoms with Crippen molar-refractivity contribution in [3.05, 3.63) is 99.4 Å². The van der Waals surface area contributed by atoms with Gasteiger partial charge in [0.2, 0.25) is 5.91 Å². The highest BCUT2D eigenvalue weighted by atomic mass is 16.5. The van der Waals surface area contributed by atoms with E-state index in [9.17, 15) is 9.59 Å². The quantitative estimate of drug-likeness (QED) is 0.168. The third-order valence-electron chi connectivity index (χ3n) is 9.82. The minimum atomic E-state index is -0.358. The molecular formula is C38H45N3O3. The van der Waals surface area contributed by atoms with E-state index in [2.05, 4.69) is 54.1 Å². The van der Waals surface area contributed by atoms with Gasteiger partial charge in [0.25, 0.3) is 0 Å². The lowest BCUT2D eigenvalue weighted by molar-refractivity contribution is -0.124. The molecule has 0 spiro atoms. The largest absolute Gasteiger partial charge is 0.465 e. The standard InChI is InChI=1S/C38H45N3O3/c1-25-22-26(2)40-36-34(25)32-12-8-9-13-33(32)41(36)24-28-16-18-30(19-17-28)35(29-10-6-4-5-7-11-29)37(42)39-23-27-14-20-31(21-15-27)38(43)44-3/h14-22,29,35H,4-13,23-24H2,1-3H3,(H,39,42). The molecule has 2 aliphatic rings. The van der Waals surface area contributed by atoms with Crippen molar-refractivity contribution in [3.63, 3.8) is 0 Å². The van der Waals surface area contributed by atoms with Gasteiger partial charge in [0.1, 0.15) is 5.65 Å². The average Bonchev–Trinajstić information content (AvgIpc) is 3.16. The molecule has 6 heteroatoms. The first-order chi connectivity index (χ1) is 21.4. The Morgan fingerprint density at radius 3 is 2.30 bits per heavy atom. The van der Waals surface area contributed by atoms with Crippen LogP contribution < -0.4 is 5.32 Å². The molecule has 6 nitrogen and oxygen atoms in total. The van der Waals surface area contributed by atoms with Gasteiger partial charge >= 0.3 is 5.97 Å². The predicted octanol–water partition coefficient (Wildman–Crippen LogP) is 7.74. The molecule has 2 aliphatic carbocycles. The Kier molecular flexibility index (Phi) is 9.15. The number of esters is 1. The van der Waals surface area contributed by atoms with Crippen molar-refractivity contribution in [2.45, 2.75) is 97.1 Å². The fourth-order valence-corrected chi connectivity index (χ4v) is 7.61. The molecule has 2 aromatic heterocycles. The molecule has 2 heterocycles. The second kappa shape index (κ2) is 13.4. The van der Waals surface area contributed by atoms with Crippen LogP contribution in [-0.2, 0) is 35.5 Å². The van der Waals surface area contributed by atoms with E-state index in [1.54, 1.807) is 12.1 Å². The maximum Gasteiger partial charge on any atom is 0.337 e. The number of pyridine rings is 1. The Hall–Kier alpha value is -3.93. The summed E-state index contributed by atoms with van der Waals surface area (Å²) in [5.74, 6) is -0.115. The summed E-state index contributed by atoms with van der Waals surface area (Å²) in [6.45, 7) is 5.54. The molecule has 1 fully saturated rings. The maximum atomic E-state index is 13.9. The first kappa shape index (κ1) is 30.1. The number of nitrogens with zero attached hydrogens (tertiary/aromatic N) is 2. The first-order valence-corrected chi connectivity index (χ1v) is 16.4. The van der Waals surface area contributed by atoms with Crippen molar-refractivity contribution in [2.24, 2.45) is 5.92 Å². The zero-order valence-corrected chi connectivity index (χ0v) is 26.5. The minimum absolute atomic E-state index is 0.0855. The summed E-state index contributed by atoms with van der Waals surface area (Å²) in [6, 6.07) is 18.3. The van der Waals surface area contributed by atoms with Gasteiger partial charge in [-0.05, 0) is 104 Å². The fraction of sp³-hybridized carbons (Fsp3) is 0.447. The fourth-order valence-electron chi connectivity index (χ4n) is 7.61. The van der Waals surface area contributed by atoms with Crippen LogP contribution in [0.3, 0.4) is 0 Å². The van der Waals surface area contributed by atoms with Crippen molar-refractivity contribution in [2.75, 3.05) is 7.11 Å². The van der Waals surface area contributed by atoms with Crippen LogP contribution in [0.5, 0.6) is 0 Å². The molecular weight excluding hydrogens is 546 g/mol. The van der Waals surface area contributed by atoms with Crippen LogP contribution in [0.1, 0.15) is 107 Å². The number of nitrogens with one attached hydrogen (secondary N) is 1. The van der Waals surface area contributed by atoms with Gasteiger partial charge in [0.15, 0.2) is 0 Å². The number of benzene rings is 2. The lowest BCUT2D eigenvalue weighted by atomic mass is 9.80. The number of methoxy groups -OCH3 is 1. The molecule has 230 valence electrons. The van der Waals surface area contributed by atoms with E-state index in [0.717, 1.165) is 54.7 Å². The minimum Gasteiger partial charge on any atom is -0.465 e. The van der Waals surface area contributed by atoms with Gasteiger partial charge in [-0.25, -0.2) is 9.78 Å². The highest BCUT2D eigenvalue weighted by molar-refractivity contribution is 5.89. The number of hydrogen-bond donors (Lipinski definition) is 1.